The fraction of sp³-hybridized carbons (Fsp3) is 0.368. The number of hydrogen-bond acceptors (Lipinski definition) is 7. The lowest BCUT2D eigenvalue weighted by molar-refractivity contribution is -0.143. The molecule has 152 valence electrons. The van der Waals surface area contributed by atoms with Gasteiger partial charge in [0.05, 0.1) is 18.1 Å². The number of nitrogens with zero attached hydrogens (tertiary/aromatic N) is 1. The molecule has 0 N–H and O–H groups in total. The molecule has 0 spiro atoms. The van der Waals surface area contributed by atoms with Gasteiger partial charge in [-0.1, -0.05) is 18.2 Å². The van der Waals surface area contributed by atoms with Crippen molar-refractivity contribution in [2.45, 2.75) is 17.6 Å². The van der Waals surface area contributed by atoms with Crippen LogP contribution in [0.1, 0.15) is 23.2 Å². The van der Waals surface area contributed by atoms with Gasteiger partial charge in [0.2, 0.25) is 0 Å². The van der Waals surface area contributed by atoms with Gasteiger partial charge in [0.1, 0.15) is 18.1 Å². The van der Waals surface area contributed by atoms with Crippen molar-refractivity contribution < 1.29 is 31.9 Å². The molecular formula is C19H23NO7S. The molecule has 0 fully saturated rings. The molecule has 2 aromatic rings. The van der Waals surface area contributed by atoms with Crippen molar-refractivity contribution in [3.8, 4) is 0 Å². The molecule has 0 radical (unpaired) electrons. The van der Waals surface area contributed by atoms with E-state index in [-0.39, 0.29) is 48.5 Å². The summed E-state index contributed by atoms with van der Waals surface area (Å²) in [6.45, 7) is 2.00. The third-order valence-electron chi connectivity index (χ3n) is 3.78. The number of methoxy groups -OCH3 is 1. The first-order valence-electron chi connectivity index (χ1n) is 8.67. The van der Waals surface area contributed by atoms with E-state index in [9.17, 15) is 18.0 Å². The topological polar surface area (TPSA) is 103 Å². The third kappa shape index (κ3) is 5.93. The Morgan fingerprint density at radius 1 is 1.11 bits per heavy atom. The zero-order valence-electron chi connectivity index (χ0n) is 15.8. The summed E-state index contributed by atoms with van der Waals surface area (Å²) in [6, 6.07) is 10.8. The van der Waals surface area contributed by atoms with Gasteiger partial charge in [-0.15, -0.1) is 0 Å². The maximum absolute atomic E-state index is 12.7. The standard InChI is InChI=1S/C19H23NO7S/c1-3-26-18(21)13-20(11-12-25-2)19(22)17-10-9-15(27-17)14-28(23,24)16-7-5-4-6-8-16/h4-10H,3,11-14H2,1-2H3. The molecule has 0 saturated carbocycles. The Morgan fingerprint density at radius 2 is 1.82 bits per heavy atom. The second kappa shape index (κ2) is 10.0. The van der Waals surface area contributed by atoms with E-state index in [1.165, 1.54) is 36.3 Å². The number of furan rings is 1. The largest absolute Gasteiger partial charge is 0.465 e. The van der Waals surface area contributed by atoms with Crippen LogP contribution < -0.4 is 0 Å². The lowest BCUT2D eigenvalue weighted by Crippen LogP contribution is -2.38. The van der Waals surface area contributed by atoms with E-state index in [0.717, 1.165) is 0 Å². The molecular weight excluding hydrogens is 386 g/mol. The number of ether oxygens (including phenoxy) is 2. The average Bonchev–Trinajstić information content (AvgIpc) is 3.13. The van der Waals surface area contributed by atoms with Gasteiger partial charge < -0.3 is 18.8 Å². The van der Waals surface area contributed by atoms with Gasteiger partial charge in [-0.2, -0.15) is 0 Å². The fourth-order valence-electron chi connectivity index (χ4n) is 2.44. The van der Waals surface area contributed by atoms with Crippen LogP contribution in [-0.2, 0) is 29.9 Å². The summed E-state index contributed by atoms with van der Waals surface area (Å²) in [4.78, 5) is 25.8. The van der Waals surface area contributed by atoms with E-state index in [1.54, 1.807) is 25.1 Å². The summed E-state index contributed by atoms with van der Waals surface area (Å²) in [7, 11) is -2.12. The number of carbonyl (C=O) groups is 2. The molecule has 1 heterocycles. The molecule has 0 aliphatic carbocycles. The molecule has 0 bridgehead atoms. The summed E-state index contributed by atoms with van der Waals surface area (Å²) in [5.41, 5.74) is 0. The first kappa shape index (κ1) is 21.6. The van der Waals surface area contributed by atoms with Crippen molar-refractivity contribution in [1.29, 1.82) is 0 Å². The quantitative estimate of drug-likeness (QED) is 0.552. The first-order chi connectivity index (χ1) is 13.4. The molecule has 0 aliphatic rings. The minimum atomic E-state index is -3.60. The fourth-order valence-corrected chi connectivity index (χ4v) is 3.71. The summed E-state index contributed by atoms with van der Waals surface area (Å²) >= 11 is 0. The van der Waals surface area contributed by atoms with Gasteiger partial charge in [-0.25, -0.2) is 8.42 Å². The summed E-state index contributed by atoms with van der Waals surface area (Å²) in [6.07, 6.45) is 0. The van der Waals surface area contributed by atoms with Crippen molar-refractivity contribution in [3.05, 3.63) is 54.0 Å². The van der Waals surface area contributed by atoms with E-state index < -0.39 is 21.7 Å². The molecule has 0 saturated heterocycles. The zero-order chi connectivity index (χ0) is 20.6. The highest BCUT2D eigenvalue weighted by atomic mass is 32.2. The summed E-state index contributed by atoms with van der Waals surface area (Å²) in [5.74, 6) is -1.40. The molecule has 1 aromatic carbocycles. The Balaban J connectivity index is 2.13. The Kier molecular flexibility index (Phi) is 7.77. The van der Waals surface area contributed by atoms with Crippen LogP contribution in [0.15, 0.2) is 51.8 Å². The van der Waals surface area contributed by atoms with E-state index in [0.29, 0.717) is 0 Å². The monoisotopic (exact) mass is 409 g/mol. The van der Waals surface area contributed by atoms with Gasteiger partial charge in [0, 0.05) is 13.7 Å². The highest BCUT2D eigenvalue weighted by molar-refractivity contribution is 7.90. The van der Waals surface area contributed by atoms with Gasteiger partial charge in [0.15, 0.2) is 15.6 Å². The lowest BCUT2D eigenvalue weighted by atomic mass is 10.3. The molecule has 0 aliphatic heterocycles. The SMILES string of the molecule is CCOC(=O)CN(CCOC)C(=O)c1ccc(CS(=O)(=O)c2ccccc2)o1. The van der Waals surface area contributed by atoms with Gasteiger partial charge in [-0.3, -0.25) is 9.59 Å². The van der Waals surface area contributed by atoms with E-state index in [1.807, 2.05) is 0 Å². The predicted molar refractivity (Wildman–Crippen MR) is 100 cm³/mol. The number of esters is 1. The van der Waals surface area contributed by atoms with Crippen LogP contribution in [0.5, 0.6) is 0 Å². The van der Waals surface area contributed by atoms with Crippen LogP contribution in [0, 0.1) is 0 Å². The second-order valence-electron chi connectivity index (χ2n) is 5.86. The Labute approximate surface area is 164 Å². The van der Waals surface area contributed by atoms with E-state index >= 15 is 0 Å². The van der Waals surface area contributed by atoms with Crippen molar-refractivity contribution in [2.75, 3.05) is 33.4 Å². The smallest absolute Gasteiger partial charge is 0.325 e. The van der Waals surface area contributed by atoms with Crippen LogP contribution in [-0.4, -0.2) is 58.6 Å². The summed E-state index contributed by atoms with van der Waals surface area (Å²) < 4.78 is 40.2. The number of sulfone groups is 1. The summed E-state index contributed by atoms with van der Waals surface area (Å²) in [5, 5.41) is 0. The van der Waals surface area contributed by atoms with Crippen molar-refractivity contribution >= 4 is 21.7 Å². The minimum Gasteiger partial charge on any atom is -0.465 e. The van der Waals surface area contributed by atoms with E-state index in [4.69, 9.17) is 13.9 Å². The lowest BCUT2D eigenvalue weighted by Gasteiger charge is -2.20. The maximum atomic E-state index is 12.7. The molecule has 0 atom stereocenters. The van der Waals surface area contributed by atoms with Crippen LogP contribution in [0.2, 0.25) is 0 Å². The van der Waals surface area contributed by atoms with Crippen molar-refractivity contribution in [2.24, 2.45) is 0 Å². The van der Waals surface area contributed by atoms with Crippen LogP contribution in [0.3, 0.4) is 0 Å². The first-order valence-corrected chi connectivity index (χ1v) is 10.3. The van der Waals surface area contributed by atoms with Crippen molar-refractivity contribution in [1.82, 2.24) is 4.90 Å². The number of hydrogen-bond donors (Lipinski definition) is 0. The molecule has 2 rings (SSSR count). The molecule has 8 nitrogen and oxygen atoms in total. The highest BCUT2D eigenvalue weighted by Crippen LogP contribution is 2.19. The third-order valence-corrected chi connectivity index (χ3v) is 5.44. The van der Waals surface area contributed by atoms with Gasteiger partial charge in [-0.05, 0) is 31.2 Å². The second-order valence-corrected chi connectivity index (χ2v) is 7.85. The van der Waals surface area contributed by atoms with Gasteiger partial charge >= 0.3 is 5.97 Å². The molecule has 1 amide bonds. The van der Waals surface area contributed by atoms with Crippen LogP contribution in [0.4, 0.5) is 0 Å². The number of rotatable bonds is 10. The Hall–Kier alpha value is -2.65. The number of benzene rings is 1. The predicted octanol–water partition coefficient (Wildman–Crippen LogP) is 1.91. The van der Waals surface area contributed by atoms with E-state index in [2.05, 4.69) is 0 Å². The zero-order valence-corrected chi connectivity index (χ0v) is 16.6. The highest BCUT2D eigenvalue weighted by Gasteiger charge is 2.24. The molecule has 0 unspecified atom stereocenters. The van der Waals surface area contributed by atoms with Crippen molar-refractivity contribution in [3.63, 3.8) is 0 Å². The number of amides is 1. The average molecular weight is 409 g/mol. The number of carbonyl (C=O) groups excluding carboxylic acids is 2. The molecule has 9 heteroatoms. The Bertz CT molecular complexity index is 890. The molecule has 28 heavy (non-hydrogen) atoms. The van der Waals surface area contributed by atoms with Crippen LogP contribution >= 0.6 is 0 Å². The van der Waals surface area contributed by atoms with Crippen LogP contribution in [0.25, 0.3) is 0 Å². The van der Waals surface area contributed by atoms with Gasteiger partial charge in [0.25, 0.3) is 5.91 Å². The molecule has 1 aromatic heterocycles. The Morgan fingerprint density at radius 3 is 2.46 bits per heavy atom. The minimum absolute atomic E-state index is 0.0568. The maximum Gasteiger partial charge on any atom is 0.325 e. The normalized spacial score (nSPS) is 11.2.